The number of halogens is 1. The number of allylic oxidation sites excluding steroid dienone is 6. The molecule has 2 aromatic carbocycles. The lowest BCUT2D eigenvalue weighted by Gasteiger charge is -2.25. The molecule has 0 amide bonds. The number of carbonyl (C=O) groups is 2. The van der Waals surface area contributed by atoms with E-state index in [9.17, 15) is 14.7 Å². The fraction of sp³-hybridized carbons (Fsp3) is 0.250. The Kier molecular flexibility index (Phi) is 11.9. The first kappa shape index (κ1) is 29.6. The summed E-state index contributed by atoms with van der Waals surface area (Å²) in [5.74, 6) is -2.53. The van der Waals surface area contributed by atoms with Crippen LogP contribution in [-0.2, 0) is 14.3 Å². The number of esters is 1. The van der Waals surface area contributed by atoms with Crippen LogP contribution in [0.5, 0.6) is 0 Å². The monoisotopic (exact) mass is 518 g/mol. The van der Waals surface area contributed by atoms with E-state index >= 15 is 0 Å². The normalized spacial score (nSPS) is 14.3. The van der Waals surface area contributed by atoms with Crippen LogP contribution >= 0.6 is 11.6 Å². The average Bonchev–Trinajstić information content (AvgIpc) is 3.18. The third-order valence-corrected chi connectivity index (χ3v) is 5.97. The van der Waals surface area contributed by atoms with Gasteiger partial charge in [0.05, 0.1) is 0 Å². The fourth-order valence-electron chi connectivity index (χ4n) is 4.12. The molecule has 1 N–H and O–H groups in total. The number of carboxylic acids is 1. The highest BCUT2D eigenvalue weighted by Gasteiger charge is 2.33. The van der Waals surface area contributed by atoms with E-state index in [0.717, 1.165) is 17.6 Å². The van der Waals surface area contributed by atoms with Crippen LogP contribution < -0.4 is 0 Å². The van der Waals surface area contributed by atoms with Gasteiger partial charge in [0, 0.05) is 22.1 Å². The van der Waals surface area contributed by atoms with Crippen LogP contribution in [0.15, 0.2) is 113 Å². The Morgan fingerprint density at radius 1 is 1.00 bits per heavy atom. The highest BCUT2D eigenvalue weighted by atomic mass is 35.5. The number of benzene rings is 2. The maximum absolute atomic E-state index is 13.7. The van der Waals surface area contributed by atoms with Crippen molar-refractivity contribution in [1.82, 2.24) is 0 Å². The van der Waals surface area contributed by atoms with Crippen molar-refractivity contribution in [2.24, 2.45) is 0 Å². The van der Waals surface area contributed by atoms with Crippen LogP contribution in [0.4, 0.5) is 0 Å². The van der Waals surface area contributed by atoms with Crippen molar-refractivity contribution in [2.75, 3.05) is 0 Å². The van der Waals surface area contributed by atoms with Gasteiger partial charge in [-0.1, -0.05) is 110 Å². The molecule has 1 aliphatic rings. The molecule has 1 aliphatic carbocycles. The first-order valence-electron chi connectivity index (χ1n) is 12.4. The predicted molar refractivity (Wildman–Crippen MR) is 152 cm³/mol. The van der Waals surface area contributed by atoms with Crippen LogP contribution in [0.2, 0.25) is 5.02 Å². The number of aliphatic carboxylic acids is 1. The summed E-state index contributed by atoms with van der Waals surface area (Å²) < 4.78 is 6.12. The second-order valence-corrected chi connectivity index (χ2v) is 8.82. The summed E-state index contributed by atoms with van der Waals surface area (Å²) in [6, 6.07) is 16.4. The quantitative estimate of drug-likeness (QED) is 0.281. The molecule has 2 unspecified atom stereocenters. The Bertz CT molecular complexity index is 1230. The molecular formula is C32H35ClO4. The zero-order valence-electron chi connectivity index (χ0n) is 22.1. The minimum Gasteiger partial charge on any atom is -0.478 e. The molecule has 194 valence electrons. The minimum absolute atomic E-state index is 0.116. The van der Waals surface area contributed by atoms with E-state index in [1.165, 1.54) is 0 Å². The summed E-state index contributed by atoms with van der Waals surface area (Å²) in [6.45, 7) is 9.16. The zero-order valence-corrected chi connectivity index (χ0v) is 22.8. The van der Waals surface area contributed by atoms with Crippen molar-refractivity contribution in [2.45, 2.75) is 53.1 Å². The summed E-state index contributed by atoms with van der Waals surface area (Å²) in [7, 11) is 0. The standard InChI is InChI=1S/C30H29ClO4.C2H6/c1-4-25(27(26(20(2)3)29(32)33)23-17-12-18-24(31)19-23)30(34)35-28(22-15-10-7-11-16-22)21-13-8-5-6-9-14-21;1-2/h4-5,7-19,27-28H,6H2,1-3H3,(H,32,33);1-2H3/b25-4+;. The minimum atomic E-state index is -1.10. The molecule has 0 saturated carbocycles. The van der Waals surface area contributed by atoms with Crippen LogP contribution in [0.3, 0.4) is 0 Å². The van der Waals surface area contributed by atoms with Gasteiger partial charge in [-0.3, -0.25) is 0 Å². The van der Waals surface area contributed by atoms with Crippen molar-refractivity contribution < 1.29 is 19.4 Å². The molecule has 0 bridgehead atoms. The molecule has 5 heteroatoms. The van der Waals surface area contributed by atoms with Gasteiger partial charge in [-0.2, -0.15) is 0 Å². The van der Waals surface area contributed by atoms with Crippen molar-refractivity contribution in [3.05, 3.63) is 129 Å². The van der Waals surface area contributed by atoms with E-state index in [2.05, 4.69) is 0 Å². The van der Waals surface area contributed by atoms with Gasteiger partial charge in [-0.15, -0.1) is 0 Å². The van der Waals surface area contributed by atoms with Gasteiger partial charge in [0.25, 0.3) is 0 Å². The predicted octanol–water partition coefficient (Wildman–Crippen LogP) is 8.54. The zero-order chi connectivity index (χ0) is 27.4. The Morgan fingerprint density at radius 2 is 1.68 bits per heavy atom. The molecule has 0 fully saturated rings. The molecule has 0 radical (unpaired) electrons. The van der Waals surface area contributed by atoms with E-state index < -0.39 is 24.0 Å². The van der Waals surface area contributed by atoms with E-state index in [0.29, 0.717) is 16.2 Å². The Morgan fingerprint density at radius 3 is 2.27 bits per heavy atom. The molecule has 4 nitrogen and oxygen atoms in total. The summed E-state index contributed by atoms with van der Waals surface area (Å²) in [5, 5.41) is 10.5. The molecule has 0 aliphatic heterocycles. The number of hydrogen-bond acceptors (Lipinski definition) is 3. The molecule has 0 aromatic heterocycles. The van der Waals surface area contributed by atoms with Crippen LogP contribution in [0, 0.1) is 0 Å². The second-order valence-electron chi connectivity index (χ2n) is 8.38. The van der Waals surface area contributed by atoms with Gasteiger partial charge < -0.3 is 9.84 Å². The van der Waals surface area contributed by atoms with E-state index in [1.807, 2.05) is 74.6 Å². The molecular weight excluding hydrogens is 484 g/mol. The summed E-state index contributed by atoms with van der Waals surface area (Å²) in [6.07, 6.45) is 11.6. The number of carboxylic acid groups (broad SMARTS) is 1. The summed E-state index contributed by atoms with van der Waals surface area (Å²) in [5.41, 5.74) is 3.20. The van der Waals surface area contributed by atoms with Crippen molar-refractivity contribution in [3.63, 3.8) is 0 Å². The molecule has 3 rings (SSSR count). The molecule has 0 spiro atoms. The van der Waals surface area contributed by atoms with E-state index in [1.54, 1.807) is 51.1 Å². The number of rotatable bonds is 8. The average molecular weight is 519 g/mol. The number of carbonyl (C=O) groups excluding carboxylic acids is 1. The van der Waals surface area contributed by atoms with E-state index in [4.69, 9.17) is 16.3 Å². The number of ether oxygens (including phenoxy) is 1. The first-order chi connectivity index (χ1) is 17.8. The number of hydrogen-bond donors (Lipinski definition) is 1. The van der Waals surface area contributed by atoms with Crippen LogP contribution in [-0.4, -0.2) is 17.0 Å². The third-order valence-electron chi connectivity index (χ3n) is 5.73. The molecule has 0 saturated heterocycles. The van der Waals surface area contributed by atoms with Gasteiger partial charge in [-0.25, -0.2) is 9.59 Å². The highest BCUT2D eigenvalue weighted by Crippen LogP contribution is 2.38. The molecule has 0 heterocycles. The van der Waals surface area contributed by atoms with Crippen molar-refractivity contribution in [3.8, 4) is 0 Å². The lowest BCUT2D eigenvalue weighted by Crippen LogP contribution is -2.23. The highest BCUT2D eigenvalue weighted by molar-refractivity contribution is 6.30. The molecule has 2 aromatic rings. The maximum Gasteiger partial charge on any atom is 0.335 e. The third kappa shape index (κ3) is 7.93. The first-order valence-corrected chi connectivity index (χ1v) is 12.8. The van der Waals surface area contributed by atoms with Gasteiger partial charge in [-0.05, 0) is 56.0 Å². The van der Waals surface area contributed by atoms with Crippen LogP contribution in [0.1, 0.15) is 64.2 Å². The van der Waals surface area contributed by atoms with Crippen molar-refractivity contribution in [1.29, 1.82) is 0 Å². The van der Waals surface area contributed by atoms with Crippen LogP contribution in [0.25, 0.3) is 0 Å². The summed E-state index contributed by atoms with van der Waals surface area (Å²) in [4.78, 5) is 26.0. The largest absolute Gasteiger partial charge is 0.478 e. The van der Waals surface area contributed by atoms with Gasteiger partial charge >= 0.3 is 11.9 Å². The summed E-state index contributed by atoms with van der Waals surface area (Å²) >= 11 is 6.24. The Labute approximate surface area is 225 Å². The molecule has 37 heavy (non-hydrogen) atoms. The van der Waals surface area contributed by atoms with Crippen molar-refractivity contribution >= 4 is 23.5 Å². The lowest BCUT2D eigenvalue weighted by atomic mass is 9.82. The smallest absolute Gasteiger partial charge is 0.335 e. The van der Waals surface area contributed by atoms with Gasteiger partial charge in [0.1, 0.15) is 0 Å². The fourth-order valence-corrected chi connectivity index (χ4v) is 4.32. The topological polar surface area (TPSA) is 63.6 Å². The van der Waals surface area contributed by atoms with Gasteiger partial charge in [0.15, 0.2) is 6.10 Å². The molecule has 2 atom stereocenters. The Balaban J connectivity index is 0.00000235. The SMILES string of the molecule is C/C=C(/C(=O)OC(C1=CC=CCC=C1)c1ccccc1)C(C(C(=O)O)=C(C)C)c1cccc(Cl)c1.CC. The lowest BCUT2D eigenvalue weighted by molar-refractivity contribution is -0.143. The van der Waals surface area contributed by atoms with E-state index in [-0.39, 0.29) is 11.1 Å². The second kappa shape index (κ2) is 14.8. The van der Waals surface area contributed by atoms with Gasteiger partial charge in [0.2, 0.25) is 0 Å². The Hall–Kier alpha value is -3.63. The maximum atomic E-state index is 13.7.